The SMILES string of the molecule is O=C(O)c1cccnc1Sc1nccn(C2CC2)c1=O. The molecule has 1 fully saturated rings. The molecule has 0 atom stereocenters. The van der Waals surface area contributed by atoms with Crippen LogP contribution in [0.3, 0.4) is 0 Å². The Morgan fingerprint density at radius 2 is 2.05 bits per heavy atom. The van der Waals surface area contributed by atoms with Crippen LogP contribution in [0.1, 0.15) is 29.2 Å². The number of aromatic carboxylic acids is 1. The smallest absolute Gasteiger partial charge is 0.338 e. The average Bonchev–Trinajstić information content (AvgIpc) is 3.26. The third-order valence-corrected chi connectivity index (χ3v) is 3.96. The second kappa shape index (κ2) is 5.09. The van der Waals surface area contributed by atoms with Gasteiger partial charge in [0.25, 0.3) is 5.56 Å². The average molecular weight is 289 g/mol. The van der Waals surface area contributed by atoms with Crippen LogP contribution in [0.25, 0.3) is 0 Å². The predicted octanol–water partition coefficient (Wildman–Crippen LogP) is 1.82. The van der Waals surface area contributed by atoms with E-state index in [2.05, 4.69) is 9.97 Å². The Morgan fingerprint density at radius 1 is 1.30 bits per heavy atom. The number of carboxylic acid groups (broad SMARTS) is 1. The Balaban J connectivity index is 1.98. The Hall–Kier alpha value is -2.15. The van der Waals surface area contributed by atoms with Gasteiger partial charge in [-0.05, 0) is 36.7 Å². The first-order chi connectivity index (χ1) is 9.66. The van der Waals surface area contributed by atoms with Crippen molar-refractivity contribution < 1.29 is 9.90 Å². The van der Waals surface area contributed by atoms with Gasteiger partial charge in [-0.15, -0.1) is 0 Å². The Morgan fingerprint density at radius 3 is 2.75 bits per heavy atom. The summed E-state index contributed by atoms with van der Waals surface area (Å²) in [7, 11) is 0. The first kappa shape index (κ1) is 12.9. The maximum absolute atomic E-state index is 12.2. The zero-order chi connectivity index (χ0) is 14.1. The molecule has 0 spiro atoms. The normalized spacial score (nSPS) is 14.2. The van der Waals surface area contributed by atoms with Crippen LogP contribution in [-0.4, -0.2) is 25.6 Å². The number of hydrogen-bond donors (Lipinski definition) is 1. The molecule has 2 heterocycles. The van der Waals surface area contributed by atoms with Gasteiger partial charge < -0.3 is 9.67 Å². The van der Waals surface area contributed by atoms with Crippen molar-refractivity contribution in [3.8, 4) is 0 Å². The number of nitrogens with zero attached hydrogens (tertiary/aromatic N) is 3. The van der Waals surface area contributed by atoms with E-state index in [0.717, 1.165) is 24.6 Å². The molecule has 0 aromatic carbocycles. The highest BCUT2D eigenvalue weighted by Crippen LogP contribution is 2.34. The summed E-state index contributed by atoms with van der Waals surface area (Å²) in [6, 6.07) is 3.27. The summed E-state index contributed by atoms with van der Waals surface area (Å²) in [6.07, 6.45) is 6.72. The molecule has 1 aliphatic carbocycles. The van der Waals surface area contributed by atoms with Gasteiger partial charge in [-0.25, -0.2) is 14.8 Å². The van der Waals surface area contributed by atoms with E-state index in [1.807, 2.05) is 0 Å². The van der Waals surface area contributed by atoms with Crippen LogP contribution in [0.15, 0.2) is 45.6 Å². The first-order valence-electron chi connectivity index (χ1n) is 6.10. The molecule has 0 aliphatic heterocycles. The topological polar surface area (TPSA) is 85.1 Å². The molecule has 6 nitrogen and oxygen atoms in total. The number of aromatic nitrogens is 3. The minimum absolute atomic E-state index is 0.0699. The molecular weight excluding hydrogens is 278 g/mol. The third kappa shape index (κ3) is 2.44. The van der Waals surface area contributed by atoms with E-state index in [0.29, 0.717) is 0 Å². The fraction of sp³-hybridized carbons (Fsp3) is 0.231. The van der Waals surface area contributed by atoms with Crippen molar-refractivity contribution in [1.29, 1.82) is 0 Å². The van der Waals surface area contributed by atoms with Crippen molar-refractivity contribution in [2.45, 2.75) is 28.9 Å². The summed E-state index contributed by atoms with van der Waals surface area (Å²) in [5.74, 6) is -1.07. The van der Waals surface area contributed by atoms with Crippen molar-refractivity contribution in [2.24, 2.45) is 0 Å². The third-order valence-electron chi connectivity index (χ3n) is 2.97. The van der Waals surface area contributed by atoms with Gasteiger partial charge >= 0.3 is 5.97 Å². The molecule has 0 amide bonds. The summed E-state index contributed by atoms with van der Waals surface area (Å²) >= 11 is 0.992. The van der Waals surface area contributed by atoms with Gasteiger partial charge in [-0.3, -0.25) is 4.79 Å². The summed E-state index contributed by atoms with van der Waals surface area (Å²) < 4.78 is 1.65. The molecule has 0 unspecified atom stereocenters. The number of carbonyl (C=O) groups is 1. The lowest BCUT2D eigenvalue weighted by Gasteiger charge is -2.06. The zero-order valence-electron chi connectivity index (χ0n) is 10.4. The standard InChI is InChI=1S/C13H11N3O3S/c17-12-11(15-6-7-16(12)8-3-4-8)20-10-9(13(18)19)2-1-5-14-10/h1-2,5-8H,3-4H2,(H,18,19). The van der Waals surface area contributed by atoms with Gasteiger partial charge in [-0.2, -0.15) is 0 Å². The molecule has 1 aliphatic rings. The van der Waals surface area contributed by atoms with Crippen LogP contribution in [0, 0.1) is 0 Å². The maximum Gasteiger partial charge on any atom is 0.338 e. The monoisotopic (exact) mass is 289 g/mol. The molecule has 3 rings (SSSR count). The molecule has 0 radical (unpaired) electrons. The largest absolute Gasteiger partial charge is 0.478 e. The lowest BCUT2D eigenvalue weighted by atomic mass is 10.3. The van der Waals surface area contributed by atoms with Crippen molar-refractivity contribution >= 4 is 17.7 Å². The molecule has 1 N–H and O–H groups in total. The van der Waals surface area contributed by atoms with Gasteiger partial charge in [-0.1, -0.05) is 0 Å². The summed E-state index contributed by atoms with van der Waals surface area (Å²) in [5, 5.41) is 9.64. The van der Waals surface area contributed by atoms with Crippen molar-refractivity contribution in [1.82, 2.24) is 14.5 Å². The first-order valence-corrected chi connectivity index (χ1v) is 6.92. The lowest BCUT2D eigenvalue weighted by Crippen LogP contribution is -2.21. The second-order valence-corrected chi connectivity index (χ2v) is 5.42. The van der Waals surface area contributed by atoms with E-state index in [-0.39, 0.29) is 27.2 Å². The summed E-state index contributed by atoms with van der Waals surface area (Å²) in [5.41, 5.74) is -0.123. The van der Waals surface area contributed by atoms with E-state index in [1.165, 1.54) is 12.3 Å². The maximum atomic E-state index is 12.2. The highest BCUT2D eigenvalue weighted by atomic mass is 32.2. The van der Waals surface area contributed by atoms with Crippen LogP contribution in [0.2, 0.25) is 0 Å². The van der Waals surface area contributed by atoms with Crippen LogP contribution >= 0.6 is 11.8 Å². The number of carboxylic acids is 1. The molecule has 1 saturated carbocycles. The zero-order valence-corrected chi connectivity index (χ0v) is 11.2. The number of hydrogen-bond acceptors (Lipinski definition) is 5. The van der Waals surface area contributed by atoms with Gasteiger partial charge in [0.2, 0.25) is 0 Å². The van der Waals surface area contributed by atoms with E-state index in [9.17, 15) is 9.59 Å². The summed E-state index contributed by atoms with van der Waals surface area (Å²) in [6.45, 7) is 0. The van der Waals surface area contributed by atoms with Crippen LogP contribution in [0.5, 0.6) is 0 Å². The van der Waals surface area contributed by atoms with Gasteiger partial charge in [0, 0.05) is 24.6 Å². The molecule has 0 saturated heterocycles. The molecule has 0 bridgehead atoms. The highest BCUT2D eigenvalue weighted by Gasteiger charge is 2.25. The number of rotatable bonds is 4. The van der Waals surface area contributed by atoms with Gasteiger partial charge in [0.05, 0.1) is 5.56 Å². The molecule has 2 aromatic rings. The van der Waals surface area contributed by atoms with E-state index in [4.69, 9.17) is 5.11 Å². The fourth-order valence-electron chi connectivity index (χ4n) is 1.84. The Kier molecular flexibility index (Phi) is 3.27. The second-order valence-electron chi connectivity index (χ2n) is 4.44. The Bertz CT molecular complexity index is 725. The fourth-order valence-corrected chi connectivity index (χ4v) is 2.71. The van der Waals surface area contributed by atoms with Crippen molar-refractivity contribution in [3.05, 3.63) is 46.6 Å². The van der Waals surface area contributed by atoms with Crippen LogP contribution in [0.4, 0.5) is 0 Å². The minimum Gasteiger partial charge on any atom is -0.478 e. The quantitative estimate of drug-likeness (QED) is 0.924. The van der Waals surface area contributed by atoms with Crippen LogP contribution < -0.4 is 5.56 Å². The number of pyridine rings is 1. The van der Waals surface area contributed by atoms with E-state index < -0.39 is 5.97 Å². The molecule has 102 valence electrons. The van der Waals surface area contributed by atoms with E-state index in [1.54, 1.807) is 23.0 Å². The Labute approximate surface area is 118 Å². The molecule has 20 heavy (non-hydrogen) atoms. The minimum atomic E-state index is -1.07. The molecule has 2 aromatic heterocycles. The highest BCUT2D eigenvalue weighted by molar-refractivity contribution is 7.99. The van der Waals surface area contributed by atoms with E-state index >= 15 is 0 Å². The lowest BCUT2D eigenvalue weighted by molar-refractivity contribution is 0.0692. The van der Waals surface area contributed by atoms with Gasteiger partial charge in [0.15, 0.2) is 5.03 Å². The van der Waals surface area contributed by atoms with Crippen LogP contribution in [-0.2, 0) is 0 Å². The molecule has 7 heteroatoms. The van der Waals surface area contributed by atoms with Crippen molar-refractivity contribution in [2.75, 3.05) is 0 Å². The molecular formula is C13H11N3O3S. The van der Waals surface area contributed by atoms with Crippen molar-refractivity contribution in [3.63, 3.8) is 0 Å². The van der Waals surface area contributed by atoms with Gasteiger partial charge in [0.1, 0.15) is 5.03 Å². The summed E-state index contributed by atoms with van der Waals surface area (Å²) in [4.78, 5) is 31.4. The predicted molar refractivity (Wildman–Crippen MR) is 72.1 cm³/mol.